The van der Waals surface area contributed by atoms with Crippen LogP contribution in [0.15, 0.2) is 65.2 Å². The first-order valence-corrected chi connectivity index (χ1v) is 9.92. The zero-order chi connectivity index (χ0) is 22.9. The molecule has 3 aromatic rings. The molecule has 2 aromatic carbocycles. The SMILES string of the molecule is C/C=C/c1ccc(OCC(=O)OC(C(=O)Nc2cc(C)on2)c2ccccc2)c(OC)c1. The zero-order valence-electron chi connectivity index (χ0n) is 18.0. The molecule has 0 fully saturated rings. The van der Waals surface area contributed by atoms with Crippen molar-refractivity contribution in [3.05, 3.63) is 77.6 Å². The highest BCUT2D eigenvalue weighted by atomic mass is 16.6. The molecule has 32 heavy (non-hydrogen) atoms. The minimum atomic E-state index is -1.19. The zero-order valence-corrected chi connectivity index (χ0v) is 18.0. The minimum absolute atomic E-state index is 0.228. The molecule has 1 atom stereocenters. The normalized spacial score (nSPS) is 11.7. The van der Waals surface area contributed by atoms with Crippen LogP contribution in [0.3, 0.4) is 0 Å². The smallest absolute Gasteiger partial charge is 0.345 e. The Hall–Kier alpha value is -4.07. The Labute approximate surface area is 185 Å². The molecular weight excluding hydrogens is 412 g/mol. The van der Waals surface area contributed by atoms with Gasteiger partial charge in [0, 0.05) is 11.6 Å². The molecule has 1 heterocycles. The number of methoxy groups -OCH3 is 1. The molecule has 0 aliphatic heterocycles. The molecule has 166 valence electrons. The van der Waals surface area contributed by atoms with E-state index in [0.717, 1.165) is 5.56 Å². The summed E-state index contributed by atoms with van der Waals surface area (Å²) in [5.41, 5.74) is 1.44. The average Bonchev–Trinajstić information content (AvgIpc) is 3.21. The quantitative estimate of drug-likeness (QED) is 0.499. The van der Waals surface area contributed by atoms with Gasteiger partial charge < -0.3 is 24.1 Å². The Balaban J connectivity index is 1.69. The summed E-state index contributed by atoms with van der Waals surface area (Å²) in [5, 5.41) is 6.32. The molecule has 0 spiro atoms. The predicted molar refractivity (Wildman–Crippen MR) is 118 cm³/mol. The van der Waals surface area contributed by atoms with E-state index in [1.807, 2.05) is 25.1 Å². The molecule has 0 bridgehead atoms. The first-order chi connectivity index (χ1) is 15.5. The van der Waals surface area contributed by atoms with E-state index in [9.17, 15) is 9.59 Å². The number of rotatable bonds is 9. The molecule has 0 aliphatic rings. The first kappa shape index (κ1) is 22.6. The number of aryl methyl sites for hydroxylation is 1. The second-order valence-corrected chi connectivity index (χ2v) is 6.79. The van der Waals surface area contributed by atoms with Crippen molar-refractivity contribution in [1.29, 1.82) is 0 Å². The van der Waals surface area contributed by atoms with Crippen LogP contribution in [0.1, 0.15) is 29.9 Å². The molecule has 0 saturated carbocycles. The lowest BCUT2D eigenvalue weighted by Gasteiger charge is -2.18. The number of hydrogen-bond donors (Lipinski definition) is 1. The first-order valence-electron chi connectivity index (χ1n) is 9.92. The Bertz CT molecular complexity index is 1090. The number of nitrogens with one attached hydrogen (secondary N) is 1. The van der Waals surface area contributed by atoms with Crippen LogP contribution in [0.2, 0.25) is 0 Å². The molecule has 1 amide bonds. The van der Waals surface area contributed by atoms with Crippen LogP contribution in [-0.4, -0.2) is 30.7 Å². The van der Waals surface area contributed by atoms with Crippen LogP contribution < -0.4 is 14.8 Å². The van der Waals surface area contributed by atoms with E-state index in [-0.39, 0.29) is 5.82 Å². The molecule has 0 aliphatic carbocycles. The fraction of sp³-hybridized carbons (Fsp3) is 0.208. The maximum atomic E-state index is 12.8. The van der Waals surface area contributed by atoms with Crippen LogP contribution in [0.5, 0.6) is 11.5 Å². The summed E-state index contributed by atoms with van der Waals surface area (Å²) in [7, 11) is 1.52. The van der Waals surface area contributed by atoms with Crippen molar-refractivity contribution in [2.45, 2.75) is 20.0 Å². The molecule has 1 aromatic heterocycles. The lowest BCUT2D eigenvalue weighted by molar-refractivity contribution is -0.156. The number of nitrogens with zero attached hydrogens (tertiary/aromatic N) is 1. The third-order valence-electron chi connectivity index (χ3n) is 4.36. The summed E-state index contributed by atoms with van der Waals surface area (Å²) in [6, 6.07) is 15.6. The third-order valence-corrected chi connectivity index (χ3v) is 4.36. The molecule has 8 heteroatoms. The van der Waals surface area contributed by atoms with Crippen LogP contribution >= 0.6 is 0 Å². The van der Waals surface area contributed by atoms with Gasteiger partial charge in [0.15, 0.2) is 23.9 Å². The predicted octanol–water partition coefficient (Wildman–Crippen LogP) is 4.33. The Kier molecular flexibility index (Phi) is 7.64. The van der Waals surface area contributed by atoms with E-state index < -0.39 is 24.6 Å². The monoisotopic (exact) mass is 436 g/mol. The summed E-state index contributed by atoms with van der Waals surface area (Å²) < 4.78 is 21.3. The largest absolute Gasteiger partial charge is 0.493 e. The molecule has 3 rings (SSSR count). The van der Waals surface area contributed by atoms with Gasteiger partial charge in [0.2, 0.25) is 6.10 Å². The standard InChI is InChI=1S/C24H24N2O6/c1-4-8-17-11-12-19(20(14-17)29-3)30-15-22(27)31-23(18-9-6-5-7-10-18)24(28)25-21-13-16(2)32-26-21/h4-14,23H,15H2,1-3H3,(H,25,26,28)/b8-4+. The van der Waals surface area contributed by atoms with Gasteiger partial charge in [-0.25, -0.2) is 4.79 Å². The van der Waals surface area contributed by atoms with Gasteiger partial charge in [0.1, 0.15) is 5.76 Å². The number of ether oxygens (including phenoxy) is 3. The van der Waals surface area contributed by atoms with Gasteiger partial charge in [-0.15, -0.1) is 0 Å². The van der Waals surface area contributed by atoms with Crippen LogP contribution in [0.25, 0.3) is 6.08 Å². The van der Waals surface area contributed by atoms with Crippen molar-refractivity contribution < 1.29 is 28.3 Å². The van der Waals surface area contributed by atoms with E-state index in [1.165, 1.54) is 7.11 Å². The number of carbonyl (C=O) groups is 2. The fourth-order valence-electron chi connectivity index (χ4n) is 2.92. The molecule has 1 N–H and O–H groups in total. The second-order valence-electron chi connectivity index (χ2n) is 6.79. The van der Waals surface area contributed by atoms with Gasteiger partial charge in [-0.05, 0) is 31.5 Å². The van der Waals surface area contributed by atoms with Gasteiger partial charge >= 0.3 is 5.97 Å². The van der Waals surface area contributed by atoms with Gasteiger partial charge in [-0.2, -0.15) is 0 Å². The summed E-state index contributed by atoms with van der Waals surface area (Å²) in [5.74, 6) is 0.350. The highest BCUT2D eigenvalue weighted by Crippen LogP contribution is 2.29. The van der Waals surface area contributed by atoms with Crippen molar-refractivity contribution in [2.24, 2.45) is 0 Å². The van der Waals surface area contributed by atoms with E-state index >= 15 is 0 Å². The Morgan fingerprint density at radius 3 is 2.56 bits per heavy atom. The Morgan fingerprint density at radius 1 is 1.12 bits per heavy atom. The minimum Gasteiger partial charge on any atom is -0.493 e. The number of allylic oxidation sites excluding steroid dienone is 1. The van der Waals surface area contributed by atoms with Gasteiger partial charge in [-0.1, -0.05) is 53.7 Å². The van der Waals surface area contributed by atoms with E-state index in [2.05, 4.69) is 10.5 Å². The second kappa shape index (κ2) is 10.8. The Morgan fingerprint density at radius 2 is 1.91 bits per heavy atom. The number of aromatic nitrogens is 1. The average molecular weight is 436 g/mol. The third kappa shape index (κ3) is 5.98. The van der Waals surface area contributed by atoms with E-state index in [4.69, 9.17) is 18.7 Å². The summed E-state index contributed by atoms with van der Waals surface area (Å²) in [4.78, 5) is 25.3. The van der Waals surface area contributed by atoms with Crippen LogP contribution in [0, 0.1) is 6.92 Å². The number of esters is 1. The van der Waals surface area contributed by atoms with E-state index in [1.54, 1.807) is 55.5 Å². The van der Waals surface area contributed by atoms with Crippen molar-refractivity contribution in [2.75, 3.05) is 19.0 Å². The maximum Gasteiger partial charge on any atom is 0.345 e. The van der Waals surface area contributed by atoms with Crippen molar-refractivity contribution in [1.82, 2.24) is 5.16 Å². The highest BCUT2D eigenvalue weighted by Gasteiger charge is 2.26. The molecule has 8 nitrogen and oxygen atoms in total. The van der Waals surface area contributed by atoms with Crippen molar-refractivity contribution >= 4 is 23.8 Å². The van der Waals surface area contributed by atoms with Gasteiger partial charge in [0.05, 0.1) is 7.11 Å². The maximum absolute atomic E-state index is 12.8. The van der Waals surface area contributed by atoms with Crippen LogP contribution in [-0.2, 0) is 14.3 Å². The molecule has 1 unspecified atom stereocenters. The fourth-order valence-corrected chi connectivity index (χ4v) is 2.92. The molecule has 0 saturated heterocycles. The number of amides is 1. The lowest BCUT2D eigenvalue weighted by Crippen LogP contribution is -2.28. The van der Waals surface area contributed by atoms with E-state index in [0.29, 0.717) is 22.8 Å². The number of carbonyl (C=O) groups excluding carboxylic acids is 2. The molecule has 0 radical (unpaired) electrons. The van der Waals surface area contributed by atoms with Crippen LogP contribution in [0.4, 0.5) is 5.82 Å². The number of hydrogen-bond acceptors (Lipinski definition) is 7. The summed E-state index contributed by atoms with van der Waals surface area (Å²) in [6.45, 7) is 3.21. The summed E-state index contributed by atoms with van der Waals surface area (Å²) in [6.07, 6.45) is 2.63. The topological polar surface area (TPSA) is 99.9 Å². The lowest BCUT2D eigenvalue weighted by atomic mass is 10.1. The number of benzene rings is 2. The van der Waals surface area contributed by atoms with Crippen molar-refractivity contribution in [3.8, 4) is 11.5 Å². The van der Waals surface area contributed by atoms with Gasteiger partial charge in [0.25, 0.3) is 5.91 Å². The summed E-state index contributed by atoms with van der Waals surface area (Å²) >= 11 is 0. The van der Waals surface area contributed by atoms with Crippen molar-refractivity contribution in [3.63, 3.8) is 0 Å². The highest BCUT2D eigenvalue weighted by molar-refractivity contribution is 5.95. The van der Waals surface area contributed by atoms with Gasteiger partial charge in [-0.3, -0.25) is 4.79 Å². The molecular formula is C24H24N2O6. The number of anilines is 1.